The molecular weight excluding hydrogens is 539 g/mol. The van der Waals surface area contributed by atoms with Crippen LogP contribution in [0.4, 0.5) is 10.7 Å². The Morgan fingerprint density at radius 2 is 1.74 bits per heavy atom. The van der Waals surface area contributed by atoms with Crippen molar-refractivity contribution in [3.8, 4) is 0 Å². The van der Waals surface area contributed by atoms with Gasteiger partial charge >= 0.3 is 6.03 Å². The molecule has 4 aliphatic rings. The van der Waals surface area contributed by atoms with Gasteiger partial charge in [-0.05, 0) is 43.9 Å². The van der Waals surface area contributed by atoms with Crippen molar-refractivity contribution < 1.29 is 9.59 Å². The second-order valence-electron chi connectivity index (χ2n) is 10.8. The number of anilines is 1. The lowest BCUT2D eigenvalue weighted by Crippen LogP contribution is -2.52. The number of nitrogens with one attached hydrogen (secondary N) is 3. The molecule has 0 radical (unpaired) electrons. The van der Waals surface area contributed by atoms with Crippen molar-refractivity contribution in [1.29, 1.82) is 0 Å². The van der Waals surface area contributed by atoms with E-state index in [1.165, 1.54) is 0 Å². The summed E-state index contributed by atoms with van der Waals surface area (Å²) in [6.07, 6.45) is 7.91. The summed E-state index contributed by atoms with van der Waals surface area (Å²) >= 11 is 12.7. The molecule has 1 aromatic carbocycles. The van der Waals surface area contributed by atoms with Gasteiger partial charge in [0.05, 0.1) is 40.2 Å². The van der Waals surface area contributed by atoms with Crippen LogP contribution in [-0.2, 0) is 10.5 Å². The highest BCUT2D eigenvalue weighted by Crippen LogP contribution is 2.38. The number of nitrogens with zero attached hydrogens (tertiary/aromatic N) is 4. The third kappa shape index (κ3) is 4.96. The van der Waals surface area contributed by atoms with Gasteiger partial charge in [-0.15, -0.1) is 0 Å². The van der Waals surface area contributed by atoms with Crippen LogP contribution < -0.4 is 21.7 Å². The Bertz CT molecular complexity index is 1310. The summed E-state index contributed by atoms with van der Waals surface area (Å²) in [5.41, 5.74) is 7.79. The molecule has 2 aromatic rings. The summed E-state index contributed by atoms with van der Waals surface area (Å²) in [4.78, 5) is 37.8. The average Bonchev–Trinajstić information content (AvgIpc) is 3.67. The van der Waals surface area contributed by atoms with Gasteiger partial charge in [0.15, 0.2) is 5.66 Å². The lowest BCUT2D eigenvalue weighted by Gasteiger charge is -2.36. The molecule has 12 heteroatoms. The number of hydrogen-bond donors (Lipinski definition) is 4. The number of rotatable bonds is 5. The highest BCUT2D eigenvalue weighted by atomic mass is 35.5. The summed E-state index contributed by atoms with van der Waals surface area (Å²) < 4.78 is 0. The number of carbonyl (C=O) groups is 2. The molecule has 1 saturated heterocycles. The van der Waals surface area contributed by atoms with Crippen molar-refractivity contribution in [2.75, 3.05) is 31.5 Å². The first kappa shape index (κ1) is 26.0. The Morgan fingerprint density at radius 3 is 2.44 bits per heavy atom. The highest BCUT2D eigenvalue weighted by molar-refractivity contribution is 6.42. The van der Waals surface area contributed by atoms with Gasteiger partial charge < -0.3 is 31.5 Å². The zero-order chi connectivity index (χ0) is 27.1. The largest absolute Gasteiger partial charge is 0.354 e. The number of nitrogens with two attached hydrogens (primary N) is 1. The van der Waals surface area contributed by atoms with Crippen molar-refractivity contribution >= 4 is 41.1 Å². The Hall–Kier alpha value is -3.24. The van der Waals surface area contributed by atoms with E-state index < -0.39 is 11.7 Å². The van der Waals surface area contributed by atoms with Gasteiger partial charge in [0.1, 0.15) is 0 Å². The zero-order valence-electron chi connectivity index (χ0n) is 21.6. The van der Waals surface area contributed by atoms with E-state index in [0.29, 0.717) is 41.3 Å². The standard InChI is InChI=1S/C27H32Cl2N8O2/c28-19-8-7-17(12-20(19)29)27(34-21-14-37(25(30)39)15-22(21)35-27)23-9-10-31-26(33-23)32-18-6-3-11-36(13-18)24(38)16-4-1-2-5-16/h7-10,12,16,18,34-35H,1-6,11,13-15H2,(H2,30,39)(H,31,32,33). The number of hydrogen-bond acceptors (Lipinski definition) is 7. The molecule has 1 unspecified atom stereocenters. The molecule has 0 spiro atoms. The molecule has 2 fully saturated rings. The summed E-state index contributed by atoms with van der Waals surface area (Å²) in [6.45, 7) is 2.19. The molecule has 1 saturated carbocycles. The van der Waals surface area contributed by atoms with Crippen LogP contribution in [0.1, 0.15) is 49.8 Å². The topological polar surface area (TPSA) is 129 Å². The van der Waals surface area contributed by atoms with Gasteiger partial charge in [-0.2, -0.15) is 0 Å². The van der Waals surface area contributed by atoms with Crippen LogP contribution in [-0.4, -0.2) is 63.9 Å². The molecule has 10 nitrogen and oxygen atoms in total. The van der Waals surface area contributed by atoms with Crippen molar-refractivity contribution in [2.24, 2.45) is 11.7 Å². The fourth-order valence-corrected chi connectivity index (χ4v) is 6.49. The van der Waals surface area contributed by atoms with Crippen LogP contribution in [0.15, 0.2) is 41.9 Å². The molecule has 39 heavy (non-hydrogen) atoms. The fourth-order valence-electron chi connectivity index (χ4n) is 6.19. The maximum atomic E-state index is 13.0. The third-order valence-electron chi connectivity index (χ3n) is 8.21. The minimum atomic E-state index is -0.945. The summed E-state index contributed by atoms with van der Waals surface area (Å²) in [5, 5.41) is 11.5. The minimum absolute atomic E-state index is 0.0667. The number of amides is 3. The monoisotopic (exact) mass is 570 g/mol. The van der Waals surface area contributed by atoms with Gasteiger partial charge in [-0.25, -0.2) is 14.8 Å². The Labute approximate surface area is 237 Å². The van der Waals surface area contributed by atoms with E-state index in [-0.39, 0.29) is 17.9 Å². The Kier molecular flexibility index (Phi) is 6.93. The highest BCUT2D eigenvalue weighted by Gasteiger charge is 2.46. The molecule has 4 heterocycles. The normalized spacial score (nSPS) is 22.5. The molecule has 1 aliphatic carbocycles. The molecule has 3 amide bonds. The minimum Gasteiger partial charge on any atom is -0.354 e. The zero-order valence-corrected chi connectivity index (χ0v) is 23.1. The summed E-state index contributed by atoms with van der Waals surface area (Å²) in [5.74, 6) is 0.951. The van der Waals surface area contributed by atoms with Crippen LogP contribution in [0.25, 0.3) is 0 Å². The number of halogens is 2. The number of benzene rings is 1. The van der Waals surface area contributed by atoms with E-state index >= 15 is 0 Å². The molecule has 3 aliphatic heterocycles. The number of piperidine rings is 1. The Balaban J connectivity index is 1.25. The number of carbonyl (C=O) groups excluding carboxylic acids is 2. The predicted molar refractivity (Wildman–Crippen MR) is 149 cm³/mol. The second kappa shape index (κ2) is 10.4. The lowest BCUT2D eigenvalue weighted by atomic mass is 9.95. The van der Waals surface area contributed by atoms with Gasteiger partial charge in [0.2, 0.25) is 11.9 Å². The number of primary amides is 1. The molecule has 0 bridgehead atoms. The van der Waals surface area contributed by atoms with Gasteiger partial charge in [0.25, 0.3) is 0 Å². The fraction of sp³-hybridized carbons (Fsp3) is 0.481. The Morgan fingerprint density at radius 1 is 1.00 bits per heavy atom. The van der Waals surface area contributed by atoms with E-state index in [9.17, 15) is 9.59 Å². The second-order valence-corrected chi connectivity index (χ2v) is 11.6. The van der Waals surface area contributed by atoms with E-state index in [0.717, 1.165) is 62.0 Å². The number of urea groups is 1. The van der Waals surface area contributed by atoms with E-state index in [2.05, 4.69) is 20.9 Å². The van der Waals surface area contributed by atoms with Gasteiger partial charge in [0, 0.05) is 36.8 Å². The maximum Gasteiger partial charge on any atom is 0.315 e. The van der Waals surface area contributed by atoms with E-state index in [4.69, 9.17) is 33.9 Å². The van der Waals surface area contributed by atoms with Crippen molar-refractivity contribution in [3.05, 3.63) is 63.2 Å². The third-order valence-corrected chi connectivity index (χ3v) is 8.95. The van der Waals surface area contributed by atoms with Crippen molar-refractivity contribution in [2.45, 2.75) is 50.2 Å². The van der Waals surface area contributed by atoms with Crippen LogP contribution in [0, 0.1) is 5.92 Å². The summed E-state index contributed by atoms with van der Waals surface area (Å²) in [7, 11) is 0. The smallest absolute Gasteiger partial charge is 0.315 e. The average molecular weight is 572 g/mol. The van der Waals surface area contributed by atoms with Crippen molar-refractivity contribution in [1.82, 2.24) is 30.4 Å². The van der Waals surface area contributed by atoms with Crippen LogP contribution >= 0.6 is 23.2 Å². The maximum absolute atomic E-state index is 13.0. The van der Waals surface area contributed by atoms with Crippen molar-refractivity contribution in [3.63, 3.8) is 0 Å². The van der Waals surface area contributed by atoms with Crippen LogP contribution in [0.2, 0.25) is 10.0 Å². The van der Waals surface area contributed by atoms with Crippen LogP contribution in [0.5, 0.6) is 0 Å². The lowest BCUT2D eigenvalue weighted by molar-refractivity contribution is -0.136. The quantitative estimate of drug-likeness (QED) is 0.433. The van der Waals surface area contributed by atoms with Crippen LogP contribution in [0.3, 0.4) is 0 Å². The first-order valence-corrected chi connectivity index (χ1v) is 14.2. The van der Waals surface area contributed by atoms with E-state index in [1.54, 1.807) is 23.2 Å². The molecule has 1 aromatic heterocycles. The summed E-state index contributed by atoms with van der Waals surface area (Å²) in [6, 6.07) is 6.89. The SMILES string of the molecule is NC(=O)N1CC2=C(C1)NC(c1ccc(Cl)c(Cl)c1)(c1ccnc(NC3CCCN(C(=O)C4CCCC4)C3)n1)N2. The molecule has 206 valence electrons. The molecule has 6 rings (SSSR count). The molecular formula is C27H32Cl2N8O2. The van der Waals surface area contributed by atoms with Gasteiger partial charge in [-0.3, -0.25) is 4.79 Å². The van der Waals surface area contributed by atoms with E-state index in [1.807, 2.05) is 17.0 Å². The predicted octanol–water partition coefficient (Wildman–Crippen LogP) is 3.38. The first-order chi connectivity index (χ1) is 18.8. The first-order valence-electron chi connectivity index (χ1n) is 13.5. The molecule has 5 N–H and O–H groups in total. The molecule has 1 atom stereocenters. The number of likely N-dealkylation sites (tertiary alicyclic amines) is 1. The number of aromatic nitrogens is 2. The van der Waals surface area contributed by atoms with Gasteiger partial charge in [-0.1, -0.05) is 42.1 Å².